The van der Waals surface area contributed by atoms with Gasteiger partial charge in [0, 0.05) is 0 Å². The molecule has 0 amide bonds. The highest BCUT2D eigenvalue weighted by atomic mass is 14.1. The van der Waals surface area contributed by atoms with Crippen LogP contribution in [0.5, 0.6) is 0 Å². The maximum absolute atomic E-state index is 2.51. The molecule has 0 unspecified atom stereocenters. The summed E-state index contributed by atoms with van der Waals surface area (Å²) in [4.78, 5) is 0. The smallest absolute Gasteiger partial charge is 0.0443 e. The van der Waals surface area contributed by atoms with Crippen molar-refractivity contribution < 1.29 is 0 Å². The average Bonchev–Trinajstić information content (AvgIpc) is 2.90. The minimum absolute atomic E-state index is 0.964. The lowest BCUT2D eigenvalue weighted by Crippen LogP contribution is -1.95. The van der Waals surface area contributed by atoms with Crippen LogP contribution in [0.3, 0.4) is 0 Å². The summed E-state index contributed by atoms with van der Waals surface area (Å²) in [5, 5.41) is 0. The zero-order valence-electron chi connectivity index (χ0n) is 27.1. The van der Waals surface area contributed by atoms with E-state index in [9.17, 15) is 0 Å². The fourth-order valence-corrected chi connectivity index (χ4v) is 6.11. The zero-order valence-corrected chi connectivity index (χ0v) is 27.1. The highest BCUT2D eigenvalue weighted by molar-refractivity contribution is 4.57. The highest BCUT2D eigenvalue weighted by Crippen LogP contribution is 2.20. The Morgan fingerprint density at radius 3 is 0.676 bits per heavy atom. The van der Waals surface area contributed by atoms with Gasteiger partial charge in [-0.15, -0.1) is 0 Å². The normalized spacial score (nSPS) is 13.3. The summed E-state index contributed by atoms with van der Waals surface area (Å²) in [6, 6.07) is 0. The molecule has 0 nitrogen and oxygen atoms in total. The molecule has 0 N–H and O–H groups in total. The van der Waals surface area contributed by atoms with E-state index in [2.05, 4.69) is 27.7 Å². The zero-order chi connectivity index (χ0) is 27.1. The van der Waals surface area contributed by atoms with Gasteiger partial charge in [-0.25, -0.2) is 0 Å². The first-order chi connectivity index (χ1) is 18.2. The molecule has 0 radical (unpaired) electrons. The van der Waals surface area contributed by atoms with Crippen molar-refractivity contribution in [2.24, 2.45) is 11.8 Å². The van der Waals surface area contributed by atoms with Crippen molar-refractivity contribution in [3.63, 3.8) is 0 Å². The summed E-state index contributed by atoms with van der Waals surface area (Å²) in [7, 11) is 0. The predicted molar refractivity (Wildman–Crippen MR) is 173 cm³/mol. The predicted octanol–water partition coefficient (Wildman–Crippen LogP) is 14.4. The van der Waals surface area contributed by atoms with Crippen LogP contribution in [0.1, 0.15) is 227 Å². The third-order valence-electron chi connectivity index (χ3n) is 8.99. The van der Waals surface area contributed by atoms with E-state index in [0.717, 1.165) is 11.8 Å². The molecular formula is C37H76. The van der Waals surface area contributed by atoms with Crippen molar-refractivity contribution in [1.29, 1.82) is 0 Å². The molecule has 0 aromatic rings. The second kappa shape index (κ2) is 32.2. The van der Waals surface area contributed by atoms with Gasteiger partial charge in [-0.1, -0.05) is 227 Å². The lowest BCUT2D eigenvalue weighted by Gasteiger charge is -2.11. The van der Waals surface area contributed by atoms with Gasteiger partial charge in [-0.2, -0.15) is 0 Å². The van der Waals surface area contributed by atoms with E-state index in [1.807, 2.05) is 0 Å². The Morgan fingerprint density at radius 2 is 0.432 bits per heavy atom. The molecular weight excluding hydrogens is 444 g/mol. The van der Waals surface area contributed by atoms with Gasteiger partial charge in [0.2, 0.25) is 0 Å². The van der Waals surface area contributed by atoms with Crippen molar-refractivity contribution in [2.75, 3.05) is 0 Å². The van der Waals surface area contributed by atoms with Crippen molar-refractivity contribution in [1.82, 2.24) is 0 Å². The second-order valence-corrected chi connectivity index (χ2v) is 13.2. The van der Waals surface area contributed by atoms with E-state index >= 15 is 0 Å². The first-order valence-electron chi connectivity index (χ1n) is 18.2. The van der Waals surface area contributed by atoms with Gasteiger partial charge in [-0.05, 0) is 11.8 Å². The maximum Gasteiger partial charge on any atom is -0.0443 e. The molecule has 0 aliphatic carbocycles. The standard InChI is InChI=1S/C37H76/c1-5-7-9-10-11-12-13-14-15-16-17-18-20-23-27-30-34-37(4)35-31-28-25-22-19-21-24-26-29-33-36(3)32-8-6-2/h36-37H,5-35H2,1-4H3/t36-,37+/m1/s1. The molecule has 0 aliphatic heterocycles. The lowest BCUT2D eigenvalue weighted by molar-refractivity contribution is 0.427. The molecule has 0 heterocycles. The Kier molecular flexibility index (Phi) is 32.2. The van der Waals surface area contributed by atoms with Gasteiger partial charge in [0.15, 0.2) is 0 Å². The molecule has 0 saturated heterocycles. The fraction of sp³-hybridized carbons (Fsp3) is 1.00. The molecule has 0 aromatic carbocycles. The van der Waals surface area contributed by atoms with Crippen LogP contribution in [-0.2, 0) is 0 Å². The molecule has 2 atom stereocenters. The summed E-state index contributed by atoms with van der Waals surface area (Å²) < 4.78 is 0. The molecule has 224 valence electrons. The Balaban J connectivity index is 3.17. The van der Waals surface area contributed by atoms with Crippen molar-refractivity contribution in [3.8, 4) is 0 Å². The minimum atomic E-state index is 0.964. The van der Waals surface area contributed by atoms with Crippen LogP contribution in [-0.4, -0.2) is 0 Å². The van der Waals surface area contributed by atoms with E-state index in [1.54, 1.807) is 0 Å². The van der Waals surface area contributed by atoms with Crippen molar-refractivity contribution in [2.45, 2.75) is 227 Å². The van der Waals surface area contributed by atoms with E-state index < -0.39 is 0 Å². The van der Waals surface area contributed by atoms with Crippen LogP contribution in [0.25, 0.3) is 0 Å². The van der Waals surface area contributed by atoms with Crippen molar-refractivity contribution >= 4 is 0 Å². The first kappa shape index (κ1) is 37.0. The largest absolute Gasteiger partial charge is 0.0654 e. The molecule has 0 aliphatic rings. The monoisotopic (exact) mass is 521 g/mol. The molecule has 0 saturated carbocycles. The fourth-order valence-electron chi connectivity index (χ4n) is 6.11. The molecule has 37 heavy (non-hydrogen) atoms. The summed E-state index contributed by atoms with van der Waals surface area (Å²) in [6.07, 6.45) is 45.7. The SMILES string of the molecule is CCCCCCCCCCCCCCCCCC[C@H](C)CCCCCCCCCCC[C@H](C)CCCC. The summed E-state index contributed by atoms with van der Waals surface area (Å²) >= 11 is 0. The summed E-state index contributed by atoms with van der Waals surface area (Å²) in [6.45, 7) is 9.59. The lowest BCUT2D eigenvalue weighted by atomic mass is 9.95. The van der Waals surface area contributed by atoms with Crippen LogP contribution in [0.4, 0.5) is 0 Å². The van der Waals surface area contributed by atoms with Gasteiger partial charge < -0.3 is 0 Å². The van der Waals surface area contributed by atoms with Crippen LogP contribution >= 0.6 is 0 Å². The van der Waals surface area contributed by atoms with Gasteiger partial charge in [0.05, 0.1) is 0 Å². The third kappa shape index (κ3) is 32.1. The van der Waals surface area contributed by atoms with Crippen LogP contribution in [0.15, 0.2) is 0 Å². The quantitative estimate of drug-likeness (QED) is 0.0773. The van der Waals surface area contributed by atoms with Crippen LogP contribution in [0.2, 0.25) is 0 Å². The van der Waals surface area contributed by atoms with Crippen LogP contribution < -0.4 is 0 Å². The van der Waals surface area contributed by atoms with E-state index in [-0.39, 0.29) is 0 Å². The molecule has 0 heteroatoms. The molecule has 0 aromatic heterocycles. The Morgan fingerprint density at radius 1 is 0.243 bits per heavy atom. The Hall–Kier alpha value is 0. The highest BCUT2D eigenvalue weighted by Gasteiger charge is 2.03. The summed E-state index contributed by atoms with van der Waals surface area (Å²) in [5.74, 6) is 1.93. The van der Waals surface area contributed by atoms with Gasteiger partial charge in [-0.3, -0.25) is 0 Å². The maximum atomic E-state index is 2.51. The third-order valence-corrected chi connectivity index (χ3v) is 8.99. The molecule has 0 bridgehead atoms. The van der Waals surface area contributed by atoms with E-state index in [1.165, 1.54) is 199 Å². The average molecular weight is 521 g/mol. The van der Waals surface area contributed by atoms with Crippen molar-refractivity contribution in [3.05, 3.63) is 0 Å². The Bertz CT molecular complexity index is 385. The first-order valence-corrected chi connectivity index (χ1v) is 18.2. The van der Waals surface area contributed by atoms with E-state index in [0.29, 0.717) is 0 Å². The number of unbranched alkanes of at least 4 members (excludes halogenated alkanes) is 24. The Labute approximate surface area is 238 Å². The summed E-state index contributed by atoms with van der Waals surface area (Å²) in [5.41, 5.74) is 0. The van der Waals surface area contributed by atoms with E-state index in [4.69, 9.17) is 0 Å². The van der Waals surface area contributed by atoms with Gasteiger partial charge >= 0.3 is 0 Å². The second-order valence-electron chi connectivity index (χ2n) is 13.2. The molecule has 0 fully saturated rings. The van der Waals surface area contributed by atoms with Crippen LogP contribution in [0, 0.1) is 11.8 Å². The number of hydrogen-bond acceptors (Lipinski definition) is 0. The topological polar surface area (TPSA) is 0 Å². The van der Waals surface area contributed by atoms with Gasteiger partial charge in [0.1, 0.15) is 0 Å². The number of rotatable bonds is 32. The minimum Gasteiger partial charge on any atom is -0.0654 e. The molecule has 0 rings (SSSR count). The number of hydrogen-bond donors (Lipinski definition) is 0. The van der Waals surface area contributed by atoms with Gasteiger partial charge in [0.25, 0.3) is 0 Å². The molecule has 0 spiro atoms.